The summed E-state index contributed by atoms with van der Waals surface area (Å²) < 4.78 is 0. The minimum atomic E-state index is -1.71. The lowest BCUT2D eigenvalue weighted by Crippen LogP contribution is -2.04. The Labute approximate surface area is 37.9 Å². The molecule has 0 bridgehead atoms. The molecule has 0 rings (SSSR count). The first-order valence-corrected chi connectivity index (χ1v) is 3.00. The third-order valence-corrected chi connectivity index (χ3v) is 0.899. The molecule has 3 N–H and O–H groups in total. The molecule has 0 aromatic heterocycles. The summed E-state index contributed by atoms with van der Waals surface area (Å²) in [6.45, 7) is 0. The van der Waals surface area contributed by atoms with Crippen LogP contribution >= 0.6 is 8.38 Å². The molecule has 0 saturated carbocycles. The lowest BCUT2D eigenvalue weighted by molar-refractivity contribution is 0.478. The van der Waals surface area contributed by atoms with E-state index in [4.69, 9.17) is 9.79 Å². The Hall–Kier alpha value is 0.310. The molecule has 38 valence electrons. The molecule has 0 heterocycles. The topological polar surface area (TPSA) is 52.5 Å². The molecule has 0 amide bonds. The SMILES string of the molecule is CNCP(O)O. The fourth-order valence-electron chi connectivity index (χ4n) is 0.141. The van der Waals surface area contributed by atoms with Gasteiger partial charge in [-0.15, -0.1) is 0 Å². The van der Waals surface area contributed by atoms with Crippen LogP contribution in [0.1, 0.15) is 0 Å². The van der Waals surface area contributed by atoms with Gasteiger partial charge in [0.05, 0.1) is 6.29 Å². The number of hydrogen-bond donors (Lipinski definition) is 3. The van der Waals surface area contributed by atoms with E-state index in [1.165, 1.54) is 0 Å². The number of rotatable bonds is 2. The van der Waals surface area contributed by atoms with E-state index < -0.39 is 8.38 Å². The van der Waals surface area contributed by atoms with Crippen LogP contribution in [0.15, 0.2) is 0 Å². The van der Waals surface area contributed by atoms with Crippen molar-refractivity contribution in [1.82, 2.24) is 5.32 Å². The first-order chi connectivity index (χ1) is 2.77. The monoisotopic (exact) mass is 109 g/mol. The summed E-state index contributed by atoms with van der Waals surface area (Å²) in [4.78, 5) is 16.2. The molecule has 0 unspecified atom stereocenters. The minimum Gasteiger partial charge on any atom is -0.349 e. The minimum absolute atomic E-state index is 0.301. The van der Waals surface area contributed by atoms with Gasteiger partial charge in [-0.2, -0.15) is 0 Å². The molecule has 3 nitrogen and oxygen atoms in total. The van der Waals surface area contributed by atoms with Crippen LogP contribution in [0.4, 0.5) is 0 Å². The highest BCUT2D eigenvalue weighted by atomic mass is 31.2. The van der Waals surface area contributed by atoms with E-state index in [9.17, 15) is 0 Å². The first kappa shape index (κ1) is 6.31. The maximum absolute atomic E-state index is 8.11. The molecule has 4 heteroatoms. The molecule has 0 aliphatic heterocycles. The van der Waals surface area contributed by atoms with E-state index >= 15 is 0 Å². The zero-order valence-corrected chi connectivity index (χ0v) is 4.44. The molecular formula is C2H8NO2P. The second-order valence-corrected chi connectivity index (χ2v) is 1.94. The van der Waals surface area contributed by atoms with Gasteiger partial charge >= 0.3 is 0 Å². The Morgan fingerprint density at radius 3 is 2.17 bits per heavy atom. The van der Waals surface area contributed by atoms with Crippen molar-refractivity contribution in [2.75, 3.05) is 13.3 Å². The van der Waals surface area contributed by atoms with Crippen molar-refractivity contribution < 1.29 is 9.79 Å². The third-order valence-electron chi connectivity index (χ3n) is 0.300. The van der Waals surface area contributed by atoms with Gasteiger partial charge in [0.2, 0.25) is 0 Å². The van der Waals surface area contributed by atoms with Gasteiger partial charge in [0.1, 0.15) is 0 Å². The molecule has 0 fully saturated rings. The van der Waals surface area contributed by atoms with Gasteiger partial charge in [-0.05, 0) is 7.05 Å². The largest absolute Gasteiger partial charge is 0.349 e. The number of nitrogens with one attached hydrogen (secondary N) is 1. The van der Waals surface area contributed by atoms with Crippen molar-refractivity contribution in [3.05, 3.63) is 0 Å². The zero-order chi connectivity index (χ0) is 4.99. The molecule has 0 atom stereocenters. The average Bonchev–Trinajstić information content (AvgIpc) is 1.35. The Morgan fingerprint density at radius 1 is 1.67 bits per heavy atom. The van der Waals surface area contributed by atoms with Gasteiger partial charge in [0.25, 0.3) is 0 Å². The Bertz CT molecular complexity index is 32.7. The summed E-state index contributed by atoms with van der Waals surface area (Å²) >= 11 is 0. The van der Waals surface area contributed by atoms with Crippen LogP contribution in [-0.2, 0) is 0 Å². The van der Waals surface area contributed by atoms with E-state index in [-0.39, 0.29) is 0 Å². The fourth-order valence-corrected chi connectivity index (χ4v) is 0.424. The summed E-state index contributed by atoms with van der Waals surface area (Å²) in [6, 6.07) is 0. The Morgan fingerprint density at radius 2 is 2.17 bits per heavy atom. The van der Waals surface area contributed by atoms with Crippen molar-refractivity contribution >= 4 is 8.38 Å². The van der Waals surface area contributed by atoms with Gasteiger partial charge in [-0.1, -0.05) is 0 Å². The highest BCUT2D eigenvalue weighted by Crippen LogP contribution is 2.18. The van der Waals surface area contributed by atoms with Crippen LogP contribution in [0.3, 0.4) is 0 Å². The standard InChI is InChI=1S/C2H8NO2P/c1-3-2-6(4)5/h3-5H,2H2,1H3. The number of hydrogen-bond acceptors (Lipinski definition) is 3. The van der Waals surface area contributed by atoms with E-state index in [0.29, 0.717) is 6.29 Å². The molecule has 0 saturated heterocycles. The molecule has 6 heavy (non-hydrogen) atoms. The van der Waals surface area contributed by atoms with Crippen LogP contribution in [0.2, 0.25) is 0 Å². The lowest BCUT2D eigenvalue weighted by atomic mass is 11.3. The van der Waals surface area contributed by atoms with Crippen molar-refractivity contribution in [1.29, 1.82) is 0 Å². The highest BCUT2D eigenvalue weighted by molar-refractivity contribution is 7.44. The van der Waals surface area contributed by atoms with Crippen molar-refractivity contribution in [3.63, 3.8) is 0 Å². The quantitative estimate of drug-likeness (QED) is 0.417. The fraction of sp³-hybridized carbons (Fsp3) is 1.00. The van der Waals surface area contributed by atoms with Crippen LogP contribution in [0.5, 0.6) is 0 Å². The molecule has 0 radical (unpaired) electrons. The zero-order valence-electron chi connectivity index (χ0n) is 3.55. The average molecular weight is 109 g/mol. The van der Waals surface area contributed by atoms with Gasteiger partial charge in [0, 0.05) is 0 Å². The Kier molecular flexibility index (Phi) is 3.68. The van der Waals surface area contributed by atoms with Gasteiger partial charge in [-0.25, -0.2) is 0 Å². The summed E-state index contributed by atoms with van der Waals surface area (Å²) in [5, 5.41) is 2.60. The second-order valence-electron chi connectivity index (χ2n) is 0.884. The molecule has 0 aromatic rings. The van der Waals surface area contributed by atoms with Gasteiger partial charge in [-0.3, -0.25) is 0 Å². The molecule has 0 aromatic carbocycles. The van der Waals surface area contributed by atoms with Crippen molar-refractivity contribution in [3.8, 4) is 0 Å². The van der Waals surface area contributed by atoms with Crippen molar-refractivity contribution in [2.45, 2.75) is 0 Å². The van der Waals surface area contributed by atoms with Crippen molar-refractivity contribution in [2.24, 2.45) is 0 Å². The lowest BCUT2D eigenvalue weighted by Gasteiger charge is -1.95. The van der Waals surface area contributed by atoms with E-state index in [1.54, 1.807) is 7.05 Å². The van der Waals surface area contributed by atoms with Gasteiger partial charge < -0.3 is 15.1 Å². The molecule has 0 spiro atoms. The molecular weight excluding hydrogens is 101 g/mol. The maximum Gasteiger partial charge on any atom is 0.179 e. The van der Waals surface area contributed by atoms with Gasteiger partial charge in [0.15, 0.2) is 8.38 Å². The summed E-state index contributed by atoms with van der Waals surface area (Å²) in [5.41, 5.74) is 0. The predicted octanol–water partition coefficient (Wildman–Crippen LogP) is -0.540. The van der Waals surface area contributed by atoms with Crippen LogP contribution in [0.25, 0.3) is 0 Å². The molecule has 0 aliphatic rings. The first-order valence-electron chi connectivity index (χ1n) is 1.57. The Balaban J connectivity index is 2.63. The second kappa shape index (κ2) is 3.50. The van der Waals surface area contributed by atoms with Crippen LogP contribution in [-0.4, -0.2) is 23.1 Å². The molecule has 0 aliphatic carbocycles. The predicted molar refractivity (Wildman–Crippen MR) is 25.3 cm³/mol. The summed E-state index contributed by atoms with van der Waals surface area (Å²) in [6.07, 6.45) is 0.301. The van der Waals surface area contributed by atoms with E-state index in [1.807, 2.05) is 0 Å². The smallest absolute Gasteiger partial charge is 0.179 e. The van der Waals surface area contributed by atoms with E-state index in [2.05, 4.69) is 5.32 Å². The third kappa shape index (κ3) is 4.31. The van der Waals surface area contributed by atoms with Crippen LogP contribution < -0.4 is 5.32 Å². The summed E-state index contributed by atoms with van der Waals surface area (Å²) in [7, 11) is -0.0433. The maximum atomic E-state index is 8.11. The van der Waals surface area contributed by atoms with E-state index in [0.717, 1.165) is 0 Å². The summed E-state index contributed by atoms with van der Waals surface area (Å²) in [5.74, 6) is 0. The van der Waals surface area contributed by atoms with Crippen LogP contribution in [0, 0.1) is 0 Å². The highest BCUT2D eigenvalue weighted by Gasteiger charge is 1.89. The normalized spacial score (nSPS) is 10.0.